The van der Waals surface area contributed by atoms with Gasteiger partial charge in [-0.15, -0.1) is 0 Å². The van der Waals surface area contributed by atoms with E-state index in [0.717, 1.165) is 12.1 Å². The molecule has 10 heteroatoms. The van der Waals surface area contributed by atoms with Crippen molar-refractivity contribution in [1.29, 1.82) is 0 Å². The molecular weight excluding hydrogens is 430 g/mol. The molecule has 0 spiro atoms. The molecular formula is C23H27N3O7. The van der Waals surface area contributed by atoms with Crippen LogP contribution in [0.15, 0.2) is 47.3 Å². The van der Waals surface area contributed by atoms with Crippen molar-refractivity contribution in [3.05, 3.63) is 47.3 Å². The van der Waals surface area contributed by atoms with Gasteiger partial charge in [-0.3, -0.25) is 4.79 Å². The van der Waals surface area contributed by atoms with Crippen molar-refractivity contribution >= 4 is 29.2 Å². The summed E-state index contributed by atoms with van der Waals surface area (Å²) in [7, 11) is 2.50. The van der Waals surface area contributed by atoms with Crippen LogP contribution in [-0.4, -0.2) is 83.2 Å². The topological polar surface area (TPSA) is 97.9 Å². The van der Waals surface area contributed by atoms with Gasteiger partial charge >= 0.3 is 11.9 Å². The number of anilines is 2. The monoisotopic (exact) mass is 457 g/mol. The average Bonchev–Trinajstić information content (AvgIpc) is 2.88. The summed E-state index contributed by atoms with van der Waals surface area (Å²) in [6.07, 6.45) is 2.75. The summed E-state index contributed by atoms with van der Waals surface area (Å²) in [5.41, 5.74) is 2.24. The van der Waals surface area contributed by atoms with Crippen LogP contribution in [0.4, 0.5) is 11.4 Å². The minimum absolute atomic E-state index is 0.0414. The predicted molar refractivity (Wildman–Crippen MR) is 118 cm³/mol. The van der Waals surface area contributed by atoms with E-state index in [1.165, 1.54) is 14.2 Å². The molecule has 0 unspecified atom stereocenters. The van der Waals surface area contributed by atoms with E-state index in [1.54, 1.807) is 21.9 Å². The lowest BCUT2D eigenvalue weighted by atomic mass is 10.1. The summed E-state index contributed by atoms with van der Waals surface area (Å²) in [5, 5.41) is 0. The van der Waals surface area contributed by atoms with Crippen LogP contribution in [0.1, 0.15) is 6.42 Å². The van der Waals surface area contributed by atoms with Crippen molar-refractivity contribution < 1.29 is 33.3 Å². The van der Waals surface area contributed by atoms with Gasteiger partial charge < -0.3 is 33.6 Å². The average molecular weight is 457 g/mol. The van der Waals surface area contributed by atoms with Crippen molar-refractivity contribution in [3.8, 4) is 0 Å². The summed E-state index contributed by atoms with van der Waals surface area (Å²) in [6.45, 7) is 3.22. The first-order chi connectivity index (χ1) is 16.0. The predicted octanol–water partition coefficient (Wildman–Crippen LogP) is 1.03. The van der Waals surface area contributed by atoms with Crippen molar-refractivity contribution in [2.24, 2.45) is 0 Å². The Morgan fingerprint density at radius 3 is 2.15 bits per heavy atom. The first-order valence-electron chi connectivity index (χ1n) is 10.7. The second-order valence-electron chi connectivity index (χ2n) is 7.67. The number of ether oxygens (including phenoxy) is 4. The number of benzene rings is 1. The molecule has 176 valence electrons. The molecule has 0 saturated carbocycles. The van der Waals surface area contributed by atoms with Crippen LogP contribution in [0, 0.1) is 0 Å². The smallest absolute Gasteiger partial charge is 0.355 e. The second kappa shape index (κ2) is 10.1. The van der Waals surface area contributed by atoms with E-state index in [1.807, 2.05) is 18.2 Å². The van der Waals surface area contributed by atoms with Gasteiger partial charge in [0.1, 0.15) is 12.4 Å². The number of amides is 1. The van der Waals surface area contributed by atoms with Crippen molar-refractivity contribution in [1.82, 2.24) is 4.90 Å². The summed E-state index contributed by atoms with van der Waals surface area (Å²) >= 11 is 0. The number of nitrogens with zero attached hydrogens (tertiary/aromatic N) is 3. The van der Waals surface area contributed by atoms with Crippen molar-refractivity contribution in [2.45, 2.75) is 6.42 Å². The van der Waals surface area contributed by atoms with Gasteiger partial charge in [0.2, 0.25) is 0 Å². The Bertz CT molecular complexity index is 980. The Labute approximate surface area is 191 Å². The quantitative estimate of drug-likeness (QED) is 0.601. The van der Waals surface area contributed by atoms with Crippen LogP contribution in [0.2, 0.25) is 0 Å². The Kier molecular flexibility index (Phi) is 6.95. The first kappa shape index (κ1) is 22.8. The zero-order chi connectivity index (χ0) is 23.4. The van der Waals surface area contributed by atoms with Gasteiger partial charge in [0.05, 0.1) is 45.3 Å². The van der Waals surface area contributed by atoms with Gasteiger partial charge in [-0.1, -0.05) is 6.08 Å². The molecule has 0 aliphatic carbocycles. The maximum absolute atomic E-state index is 13.2. The third kappa shape index (κ3) is 4.57. The number of rotatable bonds is 5. The molecule has 1 fully saturated rings. The fourth-order valence-corrected chi connectivity index (χ4v) is 4.13. The molecule has 1 aromatic carbocycles. The molecule has 3 heterocycles. The van der Waals surface area contributed by atoms with E-state index in [4.69, 9.17) is 18.9 Å². The number of carbonyl (C=O) groups excluding carboxylic acids is 3. The molecule has 3 aliphatic heterocycles. The van der Waals surface area contributed by atoms with Crippen LogP contribution in [0.3, 0.4) is 0 Å². The molecule has 0 aromatic heterocycles. The number of hydrogen-bond donors (Lipinski definition) is 0. The van der Waals surface area contributed by atoms with E-state index in [2.05, 4.69) is 4.90 Å². The molecule has 0 bridgehead atoms. The Morgan fingerprint density at radius 2 is 1.52 bits per heavy atom. The van der Waals surface area contributed by atoms with E-state index in [0.29, 0.717) is 44.2 Å². The molecule has 4 rings (SSSR count). The van der Waals surface area contributed by atoms with Gasteiger partial charge in [0.25, 0.3) is 5.91 Å². The summed E-state index contributed by atoms with van der Waals surface area (Å²) in [6, 6.07) is 7.19. The fraction of sp³-hybridized carbons (Fsp3) is 0.435. The highest BCUT2D eigenvalue weighted by Gasteiger charge is 2.33. The molecule has 0 N–H and O–H groups in total. The van der Waals surface area contributed by atoms with E-state index < -0.39 is 11.9 Å². The number of morpholine rings is 1. The summed E-state index contributed by atoms with van der Waals surface area (Å²) in [4.78, 5) is 43.2. The molecule has 10 nitrogen and oxygen atoms in total. The summed E-state index contributed by atoms with van der Waals surface area (Å²) in [5.74, 6) is -1.35. The van der Waals surface area contributed by atoms with Crippen LogP contribution >= 0.6 is 0 Å². The zero-order valence-electron chi connectivity index (χ0n) is 18.7. The Hall–Kier alpha value is -3.37. The lowest BCUT2D eigenvalue weighted by Gasteiger charge is -2.36. The van der Waals surface area contributed by atoms with Gasteiger partial charge in [-0.2, -0.15) is 0 Å². The number of carbonyl (C=O) groups is 3. The summed E-state index contributed by atoms with van der Waals surface area (Å²) < 4.78 is 20.6. The minimum atomic E-state index is -0.658. The SMILES string of the molecule is COC(=O)C1=C(C(=O)OC)N(c2ccc(N3CCC=C(N4CCOCC4)C3=O)cc2)COC1. The third-order valence-electron chi connectivity index (χ3n) is 5.81. The van der Waals surface area contributed by atoms with Crippen LogP contribution in [-0.2, 0) is 33.3 Å². The highest BCUT2D eigenvalue weighted by atomic mass is 16.5. The molecule has 33 heavy (non-hydrogen) atoms. The molecule has 0 radical (unpaired) electrons. The van der Waals surface area contributed by atoms with Gasteiger partial charge in [0, 0.05) is 31.0 Å². The molecule has 1 aromatic rings. The second-order valence-corrected chi connectivity index (χ2v) is 7.67. The highest BCUT2D eigenvalue weighted by Crippen LogP contribution is 2.30. The van der Waals surface area contributed by atoms with Crippen molar-refractivity contribution in [2.75, 3.05) is 70.2 Å². The van der Waals surface area contributed by atoms with Crippen LogP contribution in [0.25, 0.3) is 0 Å². The van der Waals surface area contributed by atoms with E-state index in [-0.39, 0.29) is 30.5 Å². The molecule has 1 saturated heterocycles. The van der Waals surface area contributed by atoms with Gasteiger partial charge in [-0.25, -0.2) is 9.59 Å². The molecule has 3 aliphatic rings. The Balaban J connectivity index is 1.57. The van der Waals surface area contributed by atoms with Crippen molar-refractivity contribution in [3.63, 3.8) is 0 Å². The van der Waals surface area contributed by atoms with Crippen LogP contribution < -0.4 is 9.80 Å². The van der Waals surface area contributed by atoms with E-state index in [9.17, 15) is 14.4 Å². The lowest BCUT2D eigenvalue weighted by Crippen LogP contribution is -2.45. The third-order valence-corrected chi connectivity index (χ3v) is 5.81. The first-order valence-corrected chi connectivity index (χ1v) is 10.7. The maximum atomic E-state index is 13.2. The minimum Gasteiger partial charge on any atom is -0.466 e. The molecule has 0 atom stereocenters. The number of hydrogen-bond acceptors (Lipinski definition) is 9. The van der Waals surface area contributed by atoms with Gasteiger partial charge in [0.15, 0.2) is 0 Å². The number of methoxy groups -OCH3 is 2. The number of esters is 2. The highest BCUT2D eigenvalue weighted by molar-refractivity contribution is 6.06. The standard InChI is InChI=1S/C23H27N3O7/c1-30-22(28)18-14-33-15-26(20(18)23(29)31-2)17-7-5-16(6-8-17)25-9-3-4-19(21(25)27)24-10-12-32-13-11-24/h4-8H,3,9-15H2,1-2H3. The molecule has 1 amide bonds. The lowest BCUT2D eigenvalue weighted by molar-refractivity contribution is -0.140. The normalized spacial score (nSPS) is 19.4. The van der Waals surface area contributed by atoms with Crippen LogP contribution in [0.5, 0.6) is 0 Å². The maximum Gasteiger partial charge on any atom is 0.355 e. The Morgan fingerprint density at radius 1 is 0.879 bits per heavy atom. The zero-order valence-corrected chi connectivity index (χ0v) is 18.7. The largest absolute Gasteiger partial charge is 0.466 e. The fourth-order valence-electron chi connectivity index (χ4n) is 4.13. The van der Waals surface area contributed by atoms with Gasteiger partial charge in [-0.05, 0) is 30.7 Å². The van der Waals surface area contributed by atoms with E-state index >= 15 is 0 Å².